The maximum Gasteiger partial charge on any atom is 0.338 e. The van der Waals surface area contributed by atoms with Crippen molar-refractivity contribution in [1.82, 2.24) is 0 Å². The van der Waals surface area contributed by atoms with Gasteiger partial charge in [0.25, 0.3) is 5.91 Å². The minimum atomic E-state index is -0.550. The molecule has 0 saturated carbocycles. The van der Waals surface area contributed by atoms with Crippen molar-refractivity contribution in [2.24, 2.45) is 0 Å². The maximum atomic E-state index is 11.9. The Morgan fingerprint density at radius 3 is 2.28 bits per heavy atom. The molecule has 1 N–H and O–H groups in total. The van der Waals surface area contributed by atoms with Crippen molar-refractivity contribution in [2.75, 3.05) is 25.6 Å². The van der Waals surface area contributed by atoms with Crippen molar-refractivity contribution < 1.29 is 23.8 Å². The third kappa shape index (κ3) is 5.93. The van der Waals surface area contributed by atoms with Crippen LogP contribution in [-0.2, 0) is 20.9 Å². The molecular formula is C19H21NO5. The number of ether oxygens (including phenoxy) is 3. The van der Waals surface area contributed by atoms with Crippen molar-refractivity contribution in [3.8, 4) is 5.75 Å². The second-order valence-corrected chi connectivity index (χ2v) is 5.21. The van der Waals surface area contributed by atoms with Crippen LogP contribution in [0.5, 0.6) is 5.75 Å². The van der Waals surface area contributed by atoms with Crippen LogP contribution >= 0.6 is 0 Å². The molecule has 6 heteroatoms. The van der Waals surface area contributed by atoms with Gasteiger partial charge in [-0.25, -0.2) is 4.79 Å². The highest BCUT2D eigenvalue weighted by molar-refractivity contribution is 5.95. The number of carbonyl (C=O) groups excluding carboxylic acids is 2. The lowest BCUT2D eigenvalue weighted by molar-refractivity contribution is -0.119. The highest BCUT2D eigenvalue weighted by Crippen LogP contribution is 2.15. The molecule has 2 aromatic carbocycles. The molecule has 0 spiro atoms. The fourth-order valence-electron chi connectivity index (χ4n) is 2.12. The first kappa shape index (κ1) is 18.5. The van der Waals surface area contributed by atoms with Gasteiger partial charge in [-0.3, -0.25) is 4.79 Å². The Bertz CT molecular complexity index is 695. The van der Waals surface area contributed by atoms with E-state index >= 15 is 0 Å². The summed E-state index contributed by atoms with van der Waals surface area (Å²) in [6.45, 7) is 2.59. The molecule has 6 nitrogen and oxygen atoms in total. The molecule has 2 aromatic rings. The number of nitrogens with one attached hydrogen (secondary N) is 1. The number of amides is 1. The predicted molar refractivity (Wildman–Crippen MR) is 93.7 cm³/mol. The van der Waals surface area contributed by atoms with E-state index in [1.165, 1.54) is 0 Å². The summed E-state index contributed by atoms with van der Waals surface area (Å²) >= 11 is 0. The summed E-state index contributed by atoms with van der Waals surface area (Å²) in [5.41, 5.74) is 1.94. The summed E-state index contributed by atoms with van der Waals surface area (Å²) in [6.07, 6.45) is 0. The lowest BCUT2D eigenvalue weighted by atomic mass is 10.1. The zero-order valence-electron chi connectivity index (χ0n) is 14.3. The van der Waals surface area contributed by atoms with Crippen LogP contribution in [0.2, 0.25) is 0 Å². The lowest BCUT2D eigenvalue weighted by Gasteiger charge is -2.08. The van der Waals surface area contributed by atoms with E-state index in [0.717, 1.165) is 11.3 Å². The first-order valence-electron chi connectivity index (χ1n) is 7.90. The zero-order valence-corrected chi connectivity index (χ0v) is 14.3. The van der Waals surface area contributed by atoms with Crippen molar-refractivity contribution in [3.05, 3.63) is 59.7 Å². The van der Waals surface area contributed by atoms with Gasteiger partial charge in [0.05, 0.1) is 18.8 Å². The molecule has 0 aliphatic carbocycles. The Kier molecular flexibility index (Phi) is 6.98. The number of carbonyl (C=O) groups is 2. The Hall–Kier alpha value is -2.86. The van der Waals surface area contributed by atoms with Crippen molar-refractivity contribution >= 4 is 17.6 Å². The van der Waals surface area contributed by atoms with Gasteiger partial charge in [-0.2, -0.15) is 0 Å². The van der Waals surface area contributed by atoms with Gasteiger partial charge in [-0.05, 0) is 48.9 Å². The highest BCUT2D eigenvalue weighted by atomic mass is 16.5. The molecule has 132 valence electrons. The van der Waals surface area contributed by atoms with E-state index in [1.807, 2.05) is 6.92 Å². The minimum Gasteiger partial charge on any atom is -0.494 e. The van der Waals surface area contributed by atoms with Crippen LogP contribution in [0, 0.1) is 0 Å². The molecule has 0 radical (unpaired) electrons. The van der Waals surface area contributed by atoms with Gasteiger partial charge < -0.3 is 19.5 Å². The summed E-state index contributed by atoms with van der Waals surface area (Å²) in [5, 5.41) is 2.66. The van der Waals surface area contributed by atoms with Crippen LogP contribution in [0.15, 0.2) is 48.5 Å². The number of methoxy groups -OCH3 is 1. The fraction of sp³-hybridized carbons (Fsp3) is 0.263. The first-order chi connectivity index (χ1) is 12.1. The first-order valence-corrected chi connectivity index (χ1v) is 7.90. The Labute approximate surface area is 146 Å². The second-order valence-electron chi connectivity index (χ2n) is 5.21. The summed E-state index contributed by atoms with van der Waals surface area (Å²) in [6, 6.07) is 13.8. The standard InChI is InChI=1S/C19H21NO5/c1-3-24-17-10-8-16(9-11-17)20-18(21)13-25-19(22)15-6-4-14(5-7-15)12-23-2/h4-11H,3,12-13H2,1-2H3,(H,20,21). The van der Waals surface area contributed by atoms with E-state index in [1.54, 1.807) is 55.6 Å². The van der Waals surface area contributed by atoms with Crippen LogP contribution in [0.1, 0.15) is 22.8 Å². The number of rotatable bonds is 8. The zero-order chi connectivity index (χ0) is 18.1. The summed E-state index contributed by atoms with van der Waals surface area (Å²) < 4.78 is 15.4. The van der Waals surface area contributed by atoms with Gasteiger partial charge in [0.2, 0.25) is 0 Å². The van der Waals surface area contributed by atoms with Crippen LogP contribution < -0.4 is 10.1 Å². The van der Waals surface area contributed by atoms with Crippen LogP contribution in [0.3, 0.4) is 0 Å². The Morgan fingerprint density at radius 2 is 1.68 bits per heavy atom. The van der Waals surface area contributed by atoms with Crippen molar-refractivity contribution in [1.29, 1.82) is 0 Å². The van der Waals surface area contributed by atoms with Gasteiger partial charge >= 0.3 is 5.97 Å². The summed E-state index contributed by atoms with van der Waals surface area (Å²) in [7, 11) is 1.60. The fourth-order valence-corrected chi connectivity index (χ4v) is 2.12. The smallest absolute Gasteiger partial charge is 0.338 e. The minimum absolute atomic E-state index is 0.355. The molecule has 0 atom stereocenters. The van der Waals surface area contributed by atoms with Crippen molar-refractivity contribution in [3.63, 3.8) is 0 Å². The van der Waals surface area contributed by atoms with Crippen LogP contribution in [0.25, 0.3) is 0 Å². The molecule has 0 aliphatic rings. The van der Waals surface area contributed by atoms with E-state index in [2.05, 4.69) is 5.32 Å². The molecule has 0 bridgehead atoms. The summed E-state index contributed by atoms with van der Waals surface area (Å²) in [4.78, 5) is 23.8. The van der Waals surface area contributed by atoms with Gasteiger partial charge in [-0.1, -0.05) is 12.1 Å². The molecule has 0 aliphatic heterocycles. The topological polar surface area (TPSA) is 73.9 Å². The normalized spacial score (nSPS) is 10.2. The molecule has 2 rings (SSSR count). The van der Waals surface area contributed by atoms with Crippen LogP contribution in [-0.4, -0.2) is 32.2 Å². The van der Waals surface area contributed by atoms with Gasteiger partial charge in [0, 0.05) is 12.8 Å². The third-order valence-corrected chi connectivity index (χ3v) is 3.28. The quantitative estimate of drug-likeness (QED) is 0.746. The number of esters is 1. The number of hydrogen-bond donors (Lipinski definition) is 1. The lowest BCUT2D eigenvalue weighted by Crippen LogP contribution is -2.20. The largest absolute Gasteiger partial charge is 0.494 e. The van der Waals surface area contributed by atoms with E-state index in [0.29, 0.717) is 24.5 Å². The third-order valence-electron chi connectivity index (χ3n) is 3.28. The molecule has 0 heterocycles. The summed E-state index contributed by atoms with van der Waals surface area (Å²) in [5.74, 6) is -0.233. The van der Waals surface area contributed by atoms with E-state index < -0.39 is 11.9 Å². The van der Waals surface area contributed by atoms with Gasteiger partial charge in [0.15, 0.2) is 6.61 Å². The molecule has 0 unspecified atom stereocenters. The molecule has 1 amide bonds. The van der Waals surface area contributed by atoms with Crippen molar-refractivity contribution in [2.45, 2.75) is 13.5 Å². The monoisotopic (exact) mass is 343 g/mol. The Morgan fingerprint density at radius 1 is 1.00 bits per heavy atom. The van der Waals surface area contributed by atoms with E-state index in [4.69, 9.17) is 14.2 Å². The SMILES string of the molecule is CCOc1ccc(NC(=O)COC(=O)c2ccc(COC)cc2)cc1. The molecular weight excluding hydrogens is 322 g/mol. The number of anilines is 1. The Balaban J connectivity index is 1.81. The molecule has 0 aromatic heterocycles. The number of hydrogen-bond acceptors (Lipinski definition) is 5. The van der Waals surface area contributed by atoms with Gasteiger partial charge in [-0.15, -0.1) is 0 Å². The molecule has 0 saturated heterocycles. The predicted octanol–water partition coefficient (Wildman–Crippen LogP) is 3.03. The van der Waals surface area contributed by atoms with E-state index in [9.17, 15) is 9.59 Å². The van der Waals surface area contributed by atoms with E-state index in [-0.39, 0.29) is 6.61 Å². The number of benzene rings is 2. The molecule has 0 fully saturated rings. The van der Waals surface area contributed by atoms with Gasteiger partial charge in [0.1, 0.15) is 5.75 Å². The maximum absolute atomic E-state index is 11.9. The highest BCUT2D eigenvalue weighted by Gasteiger charge is 2.10. The molecule has 25 heavy (non-hydrogen) atoms. The average Bonchev–Trinajstić information content (AvgIpc) is 2.62. The average molecular weight is 343 g/mol. The second kappa shape index (κ2) is 9.44. The van der Waals surface area contributed by atoms with Crippen LogP contribution in [0.4, 0.5) is 5.69 Å².